The molecule has 0 spiro atoms. The molecule has 3 heterocycles. The number of hydrogen-bond acceptors (Lipinski definition) is 4. The van der Waals surface area contributed by atoms with Crippen molar-refractivity contribution in [3.05, 3.63) is 17.0 Å². The second-order valence-electron chi connectivity index (χ2n) is 6.96. The lowest BCUT2D eigenvalue weighted by molar-refractivity contribution is 0.172. The smallest absolute Gasteiger partial charge is 0.318 e. The van der Waals surface area contributed by atoms with Crippen LogP contribution in [0.3, 0.4) is 0 Å². The van der Waals surface area contributed by atoms with Gasteiger partial charge in [-0.05, 0) is 33.1 Å². The molecule has 7 nitrogen and oxygen atoms in total. The molecule has 2 aliphatic heterocycles. The quantitative estimate of drug-likeness (QED) is 0.847. The Bertz CT molecular complexity index is 693. The third-order valence-electron chi connectivity index (χ3n) is 5.09. The summed E-state index contributed by atoms with van der Waals surface area (Å²) in [5, 5.41) is 10.2. The van der Waals surface area contributed by atoms with E-state index in [4.69, 9.17) is 0 Å². The lowest BCUT2D eigenvalue weighted by atomic mass is 9.99. The Hall–Kier alpha value is -1.57. The van der Waals surface area contributed by atoms with Gasteiger partial charge in [0.2, 0.25) is 0 Å². The van der Waals surface area contributed by atoms with Crippen LogP contribution in [-0.2, 0) is 9.84 Å². The molecule has 2 fully saturated rings. The predicted octanol–water partition coefficient (Wildman–Crippen LogP) is 1.84. The number of nitrogens with zero attached hydrogens (tertiary/aromatic N) is 2. The number of H-pyrrole nitrogens is 1. The van der Waals surface area contributed by atoms with Crippen molar-refractivity contribution < 1.29 is 13.2 Å². The van der Waals surface area contributed by atoms with E-state index in [2.05, 4.69) is 15.5 Å². The Balaban J connectivity index is 1.78. The predicted molar refractivity (Wildman–Crippen MR) is 91.6 cm³/mol. The van der Waals surface area contributed by atoms with Crippen LogP contribution in [0.25, 0.3) is 0 Å². The Labute approximate surface area is 143 Å². The zero-order valence-electron chi connectivity index (χ0n) is 14.3. The zero-order valence-corrected chi connectivity index (χ0v) is 15.2. The van der Waals surface area contributed by atoms with Gasteiger partial charge in [-0.1, -0.05) is 12.8 Å². The van der Waals surface area contributed by atoms with Crippen LogP contribution in [-0.4, -0.2) is 53.6 Å². The van der Waals surface area contributed by atoms with Crippen molar-refractivity contribution in [3.8, 4) is 0 Å². The molecule has 24 heavy (non-hydrogen) atoms. The standard InChI is InChI=1S/C16H26N4O3S/c1-11-15(12(2)19-18-11)14-6-4-3-5-8-20(14)16(21)17-13-7-9-24(22,23)10-13/h13-14H,3-10H2,1-2H3,(H,17,21)(H,18,19)/t13-,14-/m1/s1. The van der Waals surface area contributed by atoms with E-state index in [-0.39, 0.29) is 29.6 Å². The summed E-state index contributed by atoms with van der Waals surface area (Å²) in [5.41, 5.74) is 3.03. The highest BCUT2D eigenvalue weighted by Crippen LogP contribution is 2.33. The van der Waals surface area contributed by atoms with Gasteiger partial charge in [-0.25, -0.2) is 13.2 Å². The second kappa shape index (κ2) is 6.74. The van der Waals surface area contributed by atoms with E-state index in [0.29, 0.717) is 13.0 Å². The average molecular weight is 354 g/mol. The number of hydrogen-bond donors (Lipinski definition) is 2. The summed E-state index contributed by atoms with van der Waals surface area (Å²) in [6, 6.07) is -0.411. The van der Waals surface area contributed by atoms with Crippen LogP contribution in [0.5, 0.6) is 0 Å². The average Bonchev–Trinajstić information content (AvgIpc) is 2.91. The van der Waals surface area contributed by atoms with Crippen molar-refractivity contribution in [2.75, 3.05) is 18.1 Å². The number of carbonyl (C=O) groups is 1. The molecule has 1 aromatic rings. The summed E-state index contributed by atoms with van der Waals surface area (Å²) < 4.78 is 23.2. The summed E-state index contributed by atoms with van der Waals surface area (Å²) >= 11 is 0. The van der Waals surface area contributed by atoms with E-state index in [1.807, 2.05) is 18.7 Å². The maximum atomic E-state index is 12.8. The van der Waals surface area contributed by atoms with Crippen molar-refractivity contribution in [3.63, 3.8) is 0 Å². The van der Waals surface area contributed by atoms with Gasteiger partial charge >= 0.3 is 6.03 Å². The van der Waals surface area contributed by atoms with Crippen molar-refractivity contribution in [1.82, 2.24) is 20.4 Å². The fourth-order valence-electron chi connectivity index (χ4n) is 3.87. The monoisotopic (exact) mass is 354 g/mol. The van der Waals surface area contributed by atoms with Gasteiger partial charge in [0.15, 0.2) is 9.84 Å². The SMILES string of the molecule is Cc1n[nH]c(C)c1[C@H]1CCCCCN1C(=O)N[C@@H]1CCS(=O)(=O)C1. The number of amides is 2. The van der Waals surface area contributed by atoms with E-state index >= 15 is 0 Å². The Morgan fingerprint density at radius 3 is 2.67 bits per heavy atom. The van der Waals surface area contributed by atoms with Crippen LogP contribution in [0.1, 0.15) is 55.1 Å². The molecular weight excluding hydrogens is 328 g/mol. The summed E-state index contributed by atoms with van der Waals surface area (Å²) in [6.07, 6.45) is 4.58. The number of aryl methyl sites for hydroxylation is 2. The van der Waals surface area contributed by atoms with Crippen LogP contribution in [0, 0.1) is 13.8 Å². The van der Waals surface area contributed by atoms with Crippen molar-refractivity contribution in [2.24, 2.45) is 0 Å². The van der Waals surface area contributed by atoms with E-state index < -0.39 is 9.84 Å². The number of carbonyl (C=O) groups excluding carboxylic acids is 1. The van der Waals surface area contributed by atoms with E-state index in [0.717, 1.165) is 42.6 Å². The molecule has 0 aliphatic carbocycles. The number of urea groups is 1. The van der Waals surface area contributed by atoms with Gasteiger partial charge in [-0.15, -0.1) is 0 Å². The molecular formula is C16H26N4O3S. The maximum absolute atomic E-state index is 12.8. The maximum Gasteiger partial charge on any atom is 0.318 e. The summed E-state index contributed by atoms with van der Waals surface area (Å²) in [5.74, 6) is 0.225. The number of aromatic nitrogens is 2. The fraction of sp³-hybridized carbons (Fsp3) is 0.750. The molecule has 2 aliphatic rings. The molecule has 0 radical (unpaired) electrons. The van der Waals surface area contributed by atoms with Gasteiger partial charge in [0, 0.05) is 23.8 Å². The van der Waals surface area contributed by atoms with Gasteiger partial charge in [-0.2, -0.15) is 5.10 Å². The Morgan fingerprint density at radius 1 is 1.25 bits per heavy atom. The van der Waals surface area contributed by atoms with Crippen molar-refractivity contribution >= 4 is 15.9 Å². The van der Waals surface area contributed by atoms with Gasteiger partial charge in [0.05, 0.1) is 23.2 Å². The highest BCUT2D eigenvalue weighted by atomic mass is 32.2. The Kier molecular flexibility index (Phi) is 4.85. The molecule has 2 N–H and O–H groups in total. The minimum Gasteiger partial charge on any atom is -0.334 e. The summed E-state index contributed by atoms with van der Waals surface area (Å²) in [6.45, 7) is 4.64. The second-order valence-corrected chi connectivity index (χ2v) is 9.18. The number of sulfone groups is 1. The molecule has 0 bridgehead atoms. The summed E-state index contributed by atoms with van der Waals surface area (Å²) in [7, 11) is -3.00. The lowest BCUT2D eigenvalue weighted by Crippen LogP contribution is -2.47. The van der Waals surface area contributed by atoms with Crippen LogP contribution in [0.15, 0.2) is 0 Å². The van der Waals surface area contributed by atoms with Gasteiger partial charge in [0.25, 0.3) is 0 Å². The highest BCUT2D eigenvalue weighted by molar-refractivity contribution is 7.91. The third kappa shape index (κ3) is 3.58. The first-order chi connectivity index (χ1) is 11.4. The number of nitrogens with one attached hydrogen (secondary N) is 2. The number of aromatic amines is 1. The molecule has 134 valence electrons. The van der Waals surface area contributed by atoms with Crippen LogP contribution in [0.2, 0.25) is 0 Å². The molecule has 0 aromatic carbocycles. The molecule has 2 atom stereocenters. The third-order valence-corrected chi connectivity index (χ3v) is 6.86. The topological polar surface area (TPSA) is 95.2 Å². The molecule has 3 rings (SSSR count). The van der Waals surface area contributed by atoms with Crippen LogP contribution < -0.4 is 5.32 Å². The molecule has 2 saturated heterocycles. The van der Waals surface area contributed by atoms with Gasteiger partial charge < -0.3 is 10.2 Å². The van der Waals surface area contributed by atoms with E-state index in [1.165, 1.54) is 0 Å². The first kappa shape index (κ1) is 17.3. The lowest BCUT2D eigenvalue weighted by Gasteiger charge is -2.31. The first-order valence-corrected chi connectivity index (χ1v) is 10.5. The molecule has 0 unspecified atom stereocenters. The number of rotatable bonds is 2. The first-order valence-electron chi connectivity index (χ1n) is 8.66. The minimum absolute atomic E-state index is 0.00394. The highest BCUT2D eigenvalue weighted by Gasteiger charge is 2.34. The Morgan fingerprint density at radius 2 is 2.04 bits per heavy atom. The number of likely N-dealkylation sites (tertiary alicyclic amines) is 1. The largest absolute Gasteiger partial charge is 0.334 e. The zero-order chi connectivity index (χ0) is 17.3. The van der Waals surface area contributed by atoms with Crippen LogP contribution >= 0.6 is 0 Å². The summed E-state index contributed by atoms with van der Waals surface area (Å²) in [4.78, 5) is 14.7. The molecule has 0 saturated carbocycles. The molecule has 8 heteroatoms. The molecule has 1 aromatic heterocycles. The van der Waals surface area contributed by atoms with E-state index in [9.17, 15) is 13.2 Å². The fourth-order valence-corrected chi connectivity index (χ4v) is 5.54. The minimum atomic E-state index is -3.00. The van der Waals surface area contributed by atoms with E-state index in [1.54, 1.807) is 0 Å². The van der Waals surface area contributed by atoms with Crippen LogP contribution in [0.4, 0.5) is 4.79 Å². The van der Waals surface area contributed by atoms with Crippen molar-refractivity contribution in [1.29, 1.82) is 0 Å². The van der Waals surface area contributed by atoms with Gasteiger partial charge in [-0.3, -0.25) is 5.10 Å². The van der Waals surface area contributed by atoms with Gasteiger partial charge in [0.1, 0.15) is 0 Å². The van der Waals surface area contributed by atoms with Crippen molar-refractivity contribution in [2.45, 2.75) is 58.0 Å². The normalized spacial score (nSPS) is 27.0. The molecule has 2 amide bonds.